The average Bonchev–Trinajstić information content (AvgIpc) is 3.37. The molecule has 8 nitrogen and oxygen atoms in total. The first-order chi connectivity index (χ1) is 13.1. The molecule has 3 rings (SSSR count). The standard InChI is InChI=1S/C18H25N5O3S/c1-3-13(2)18(25)19-11-16(24)23-8-6-22(7-9-23)12-15-20-17(21-26-15)14-5-4-10-27-14/h4-5,10,13H,3,6-9,11-12H2,1-2H3,(H,19,25). The zero-order valence-corrected chi connectivity index (χ0v) is 16.5. The molecule has 0 radical (unpaired) electrons. The Morgan fingerprint density at radius 3 is 2.78 bits per heavy atom. The van der Waals surface area contributed by atoms with Crippen LogP contribution in [0.15, 0.2) is 22.0 Å². The molecule has 2 aromatic rings. The Bertz CT molecular complexity index is 753. The van der Waals surface area contributed by atoms with E-state index in [0.29, 0.717) is 31.3 Å². The molecule has 1 atom stereocenters. The Labute approximate surface area is 162 Å². The van der Waals surface area contributed by atoms with E-state index in [9.17, 15) is 9.59 Å². The van der Waals surface area contributed by atoms with Gasteiger partial charge in [-0.2, -0.15) is 4.98 Å². The highest BCUT2D eigenvalue weighted by Gasteiger charge is 2.23. The van der Waals surface area contributed by atoms with Crippen LogP contribution < -0.4 is 5.32 Å². The number of piperazine rings is 1. The number of nitrogens with zero attached hydrogens (tertiary/aromatic N) is 4. The van der Waals surface area contributed by atoms with Crippen LogP contribution >= 0.6 is 11.3 Å². The lowest BCUT2D eigenvalue weighted by molar-refractivity contribution is -0.135. The quantitative estimate of drug-likeness (QED) is 0.771. The second-order valence-corrected chi connectivity index (χ2v) is 7.62. The van der Waals surface area contributed by atoms with E-state index >= 15 is 0 Å². The van der Waals surface area contributed by atoms with E-state index in [1.54, 1.807) is 16.2 Å². The molecule has 0 spiro atoms. The third-order valence-electron chi connectivity index (χ3n) is 4.77. The van der Waals surface area contributed by atoms with Gasteiger partial charge in [0.05, 0.1) is 18.0 Å². The molecular formula is C18H25N5O3S. The minimum atomic E-state index is -0.0672. The zero-order valence-electron chi connectivity index (χ0n) is 15.7. The number of carbonyl (C=O) groups is 2. The normalized spacial score (nSPS) is 16.3. The molecule has 0 saturated carbocycles. The van der Waals surface area contributed by atoms with E-state index < -0.39 is 0 Å². The van der Waals surface area contributed by atoms with Crippen molar-refractivity contribution in [1.29, 1.82) is 0 Å². The van der Waals surface area contributed by atoms with Gasteiger partial charge in [0.1, 0.15) is 0 Å². The average molecular weight is 391 g/mol. The molecule has 0 bridgehead atoms. The molecule has 1 N–H and O–H groups in total. The maximum Gasteiger partial charge on any atom is 0.242 e. The summed E-state index contributed by atoms with van der Waals surface area (Å²) in [5, 5.41) is 8.72. The second-order valence-electron chi connectivity index (χ2n) is 6.67. The molecule has 2 aromatic heterocycles. The lowest BCUT2D eigenvalue weighted by atomic mass is 10.1. The SMILES string of the molecule is CCC(C)C(=O)NCC(=O)N1CCN(Cc2nc(-c3cccs3)no2)CC1. The van der Waals surface area contributed by atoms with Crippen molar-refractivity contribution in [2.45, 2.75) is 26.8 Å². The number of carbonyl (C=O) groups excluding carboxylic acids is 2. The van der Waals surface area contributed by atoms with Crippen molar-refractivity contribution in [3.63, 3.8) is 0 Å². The predicted octanol–water partition coefficient (Wildman–Crippen LogP) is 1.60. The Kier molecular flexibility index (Phi) is 6.57. The van der Waals surface area contributed by atoms with Crippen LogP contribution in [-0.4, -0.2) is 64.5 Å². The number of nitrogens with one attached hydrogen (secondary N) is 1. The summed E-state index contributed by atoms with van der Waals surface area (Å²) in [6.07, 6.45) is 0.766. The third-order valence-corrected chi connectivity index (χ3v) is 5.63. The van der Waals surface area contributed by atoms with Gasteiger partial charge >= 0.3 is 0 Å². The first kappa shape index (κ1) is 19.5. The predicted molar refractivity (Wildman–Crippen MR) is 102 cm³/mol. The minimum absolute atomic E-state index is 0.0379. The van der Waals surface area contributed by atoms with Gasteiger partial charge in [-0.25, -0.2) is 0 Å². The van der Waals surface area contributed by atoms with Crippen molar-refractivity contribution >= 4 is 23.2 Å². The molecule has 1 saturated heterocycles. The van der Waals surface area contributed by atoms with Crippen LogP contribution in [0.2, 0.25) is 0 Å². The molecular weight excluding hydrogens is 366 g/mol. The summed E-state index contributed by atoms with van der Waals surface area (Å²) < 4.78 is 5.34. The van der Waals surface area contributed by atoms with Crippen molar-refractivity contribution in [2.75, 3.05) is 32.7 Å². The molecule has 27 heavy (non-hydrogen) atoms. The van der Waals surface area contributed by atoms with Gasteiger partial charge in [-0.1, -0.05) is 25.1 Å². The van der Waals surface area contributed by atoms with Crippen molar-refractivity contribution in [3.05, 3.63) is 23.4 Å². The van der Waals surface area contributed by atoms with Crippen LogP contribution in [0.1, 0.15) is 26.2 Å². The zero-order chi connectivity index (χ0) is 19.2. The topological polar surface area (TPSA) is 91.6 Å². The van der Waals surface area contributed by atoms with Crippen LogP contribution in [0.4, 0.5) is 0 Å². The van der Waals surface area contributed by atoms with Gasteiger partial charge in [-0.3, -0.25) is 14.5 Å². The van der Waals surface area contributed by atoms with E-state index in [2.05, 4.69) is 20.4 Å². The summed E-state index contributed by atoms with van der Waals surface area (Å²) in [7, 11) is 0. The van der Waals surface area contributed by atoms with Crippen LogP contribution in [0.25, 0.3) is 10.7 Å². The van der Waals surface area contributed by atoms with Gasteiger partial charge < -0.3 is 14.7 Å². The number of amides is 2. The molecule has 2 amide bonds. The van der Waals surface area contributed by atoms with Crippen molar-refractivity contribution < 1.29 is 14.1 Å². The molecule has 1 unspecified atom stereocenters. The van der Waals surface area contributed by atoms with Crippen molar-refractivity contribution in [2.24, 2.45) is 5.92 Å². The molecule has 0 aromatic carbocycles. The molecule has 1 aliphatic heterocycles. The van der Waals surface area contributed by atoms with E-state index in [4.69, 9.17) is 4.52 Å². The first-order valence-electron chi connectivity index (χ1n) is 9.21. The van der Waals surface area contributed by atoms with Gasteiger partial charge in [0.15, 0.2) is 0 Å². The fourth-order valence-electron chi connectivity index (χ4n) is 2.81. The Morgan fingerprint density at radius 1 is 1.33 bits per heavy atom. The molecule has 3 heterocycles. The maximum atomic E-state index is 12.3. The van der Waals surface area contributed by atoms with E-state index in [0.717, 1.165) is 24.4 Å². The van der Waals surface area contributed by atoms with Gasteiger partial charge in [0.2, 0.25) is 23.5 Å². The van der Waals surface area contributed by atoms with Crippen molar-refractivity contribution in [3.8, 4) is 10.7 Å². The summed E-state index contributed by atoms with van der Waals surface area (Å²) >= 11 is 1.58. The molecule has 9 heteroatoms. The van der Waals surface area contributed by atoms with Gasteiger partial charge in [0, 0.05) is 32.1 Å². The maximum absolute atomic E-state index is 12.3. The summed E-state index contributed by atoms with van der Waals surface area (Å²) in [5.41, 5.74) is 0. The number of aromatic nitrogens is 2. The minimum Gasteiger partial charge on any atom is -0.347 e. The lowest BCUT2D eigenvalue weighted by Gasteiger charge is -2.34. The smallest absolute Gasteiger partial charge is 0.242 e. The van der Waals surface area contributed by atoms with E-state index in [1.165, 1.54) is 0 Å². The van der Waals surface area contributed by atoms with Crippen molar-refractivity contribution in [1.82, 2.24) is 25.3 Å². The first-order valence-corrected chi connectivity index (χ1v) is 10.1. The highest BCUT2D eigenvalue weighted by atomic mass is 32.1. The highest BCUT2D eigenvalue weighted by Crippen LogP contribution is 2.21. The third kappa shape index (κ3) is 5.14. The monoisotopic (exact) mass is 391 g/mol. The van der Waals surface area contributed by atoms with Crippen LogP contribution in [0.3, 0.4) is 0 Å². The van der Waals surface area contributed by atoms with Crippen LogP contribution in [-0.2, 0) is 16.1 Å². The Balaban J connectivity index is 1.42. The number of thiophene rings is 1. The number of hydrogen-bond donors (Lipinski definition) is 1. The molecule has 1 aliphatic rings. The summed E-state index contributed by atoms with van der Waals surface area (Å²) in [6.45, 7) is 7.19. The van der Waals surface area contributed by atoms with Gasteiger partial charge in [-0.15, -0.1) is 11.3 Å². The Morgan fingerprint density at radius 2 is 2.11 bits per heavy atom. The molecule has 0 aliphatic carbocycles. The summed E-state index contributed by atoms with van der Waals surface area (Å²) in [6, 6.07) is 3.92. The lowest BCUT2D eigenvalue weighted by Crippen LogP contribution is -2.51. The van der Waals surface area contributed by atoms with Gasteiger partial charge in [-0.05, 0) is 17.9 Å². The molecule has 146 valence electrons. The van der Waals surface area contributed by atoms with Crippen LogP contribution in [0.5, 0.6) is 0 Å². The largest absolute Gasteiger partial charge is 0.347 e. The molecule has 1 fully saturated rings. The highest BCUT2D eigenvalue weighted by molar-refractivity contribution is 7.13. The van der Waals surface area contributed by atoms with E-state index in [-0.39, 0.29) is 24.3 Å². The van der Waals surface area contributed by atoms with Crippen LogP contribution in [0, 0.1) is 5.92 Å². The van der Waals surface area contributed by atoms with E-state index in [1.807, 2.05) is 31.4 Å². The van der Waals surface area contributed by atoms with Gasteiger partial charge in [0.25, 0.3) is 0 Å². The number of rotatable bonds is 7. The Hall–Kier alpha value is -2.26. The second kappa shape index (κ2) is 9.09. The number of hydrogen-bond acceptors (Lipinski definition) is 7. The summed E-state index contributed by atoms with van der Waals surface area (Å²) in [4.78, 5) is 33.5. The fraction of sp³-hybridized carbons (Fsp3) is 0.556. The fourth-order valence-corrected chi connectivity index (χ4v) is 3.45. The summed E-state index contributed by atoms with van der Waals surface area (Å²) in [5.74, 6) is 1.03.